The number of aromatic nitrogens is 4. The van der Waals surface area contributed by atoms with E-state index < -0.39 is 24.5 Å². The summed E-state index contributed by atoms with van der Waals surface area (Å²) in [7, 11) is 0. The van der Waals surface area contributed by atoms with Crippen molar-refractivity contribution in [2.45, 2.75) is 50.3 Å². The van der Waals surface area contributed by atoms with E-state index in [9.17, 15) is 15.0 Å². The molecule has 13 nitrogen and oxygen atoms in total. The fourth-order valence-electron chi connectivity index (χ4n) is 3.79. The Labute approximate surface area is 200 Å². The number of hydrogen-bond acceptors (Lipinski definition) is 12. The van der Waals surface area contributed by atoms with Crippen molar-refractivity contribution in [1.29, 1.82) is 0 Å². The lowest BCUT2D eigenvalue weighted by Crippen LogP contribution is -2.36. The van der Waals surface area contributed by atoms with Gasteiger partial charge in [0.25, 0.3) is 5.17 Å². The second-order valence-corrected chi connectivity index (χ2v) is 8.25. The molecule has 0 aromatic carbocycles. The number of aliphatic hydroxyl groups is 2. The third-order valence-electron chi connectivity index (χ3n) is 5.52. The second-order valence-electron chi connectivity index (χ2n) is 7.88. The van der Waals surface area contributed by atoms with E-state index in [0.29, 0.717) is 36.8 Å². The SMILES string of the molecule is CCOC(=O)CCNC(=S)OC[C@H]1OC(n2cnc3c(NC4CCOC4)ncnc32)C(O)[C@@H]1O. The Balaban J connectivity index is 1.35. The lowest BCUT2D eigenvalue weighted by molar-refractivity contribution is -0.142. The number of carbonyl (C=O) groups excluding carboxylic acids is 1. The van der Waals surface area contributed by atoms with Crippen molar-refractivity contribution in [1.82, 2.24) is 24.8 Å². The van der Waals surface area contributed by atoms with E-state index in [4.69, 9.17) is 31.2 Å². The van der Waals surface area contributed by atoms with Crippen LogP contribution >= 0.6 is 12.2 Å². The number of fused-ring (bicyclic) bond motifs is 1. The summed E-state index contributed by atoms with van der Waals surface area (Å²) in [4.78, 5) is 24.3. The molecule has 0 radical (unpaired) electrons. The highest BCUT2D eigenvalue weighted by Crippen LogP contribution is 2.32. The van der Waals surface area contributed by atoms with Gasteiger partial charge in [0.15, 0.2) is 23.2 Å². The predicted octanol–water partition coefficient (Wildman–Crippen LogP) is -0.509. The third-order valence-corrected chi connectivity index (χ3v) is 5.79. The van der Waals surface area contributed by atoms with Gasteiger partial charge in [-0.05, 0) is 25.6 Å². The summed E-state index contributed by atoms with van der Waals surface area (Å²) in [6, 6.07) is 0.134. The lowest BCUT2D eigenvalue weighted by atomic mass is 10.1. The summed E-state index contributed by atoms with van der Waals surface area (Å²) < 4.78 is 23.1. The van der Waals surface area contributed by atoms with Crippen molar-refractivity contribution in [3.63, 3.8) is 0 Å². The summed E-state index contributed by atoms with van der Waals surface area (Å²) in [6.45, 7) is 3.47. The largest absolute Gasteiger partial charge is 0.468 e. The molecule has 4 heterocycles. The molecule has 4 N–H and O–H groups in total. The summed E-state index contributed by atoms with van der Waals surface area (Å²) in [5.74, 6) is 0.219. The average molecular weight is 497 g/mol. The number of hydrogen-bond donors (Lipinski definition) is 4. The predicted molar refractivity (Wildman–Crippen MR) is 122 cm³/mol. The molecule has 2 aliphatic rings. The van der Waals surface area contributed by atoms with Crippen LogP contribution in [-0.4, -0.2) is 98.2 Å². The molecular weight excluding hydrogens is 468 g/mol. The molecular formula is C20H28N6O7S. The van der Waals surface area contributed by atoms with Gasteiger partial charge in [-0.15, -0.1) is 0 Å². The quantitative estimate of drug-likeness (QED) is 0.260. The van der Waals surface area contributed by atoms with Crippen molar-refractivity contribution in [2.24, 2.45) is 0 Å². The van der Waals surface area contributed by atoms with Gasteiger partial charge in [-0.1, -0.05) is 0 Å². The van der Waals surface area contributed by atoms with E-state index in [1.54, 1.807) is 11.5 Å². The zero-order valence-corrected chi connectivity index (χ0v) is 19.4. The Morgan fingerprint density at radius 3 is 2.91 bits per heavy atom. The summed E-state index contributed by atoms with van der Waals surface area (Å²) in [6.07, 6.45) is -0.358. The van der Waals surface area contributed by atoms with E-state index in [1.807, 2.05) is 0 Å². The molecule has 14 heteroatoms. The first kappa shape index (κ1) is 24.5. The number of anilines is 1. The van der Waals surface area contributed by atoms with Crippen LogP contribution in [0, 0.1) is 0 Å². The van der Waals surface area contributed by atoms with Gasteiger partial charge in [0, 0.05) is 13.2 Å². The first-order valence-electron chi connectivity index (χ1n) is 11.1. The van der Waals surface area contributed by atoms with Gasteiger partial charge in [0.1, 0.15) is 31.2 Å². The van der Waals surface area contributed by atoms with Crippen LogP contribution < -0.4 is 10.6 Å². The van der Waals surface area contributed by atoms with Gasteiger partial charge in [-0.25, -0.2) is 15.0 Å². The molecule has 2 aliphatic heterocycles. The van der Waals surface area contributed by atoms with Gasteiger partial charge >= 0.3 is 5.97 Å². The van der Waals surface area contributed by atoms with Gasteiger partial charge in [-0.2, -0.15) is 0 Å². The zero-order valence-electron chi connectivity index (χ0n) is 18.6. The molecule has 34 heavy (non-hydrogen) atoms. The molecule has 2 aromatic heterocycles. The standard InChI is InChI=1S/C20H28N6O7S/c1-2-31-13(27)3-5-21-20(34)32-8-12-15(28)16(29)19(33-12)26-10-24-14-17(22-9-23-18(14)26)25-11-4-6-30-7-11/h9-12,15-16,19,28-29H,2-8H2,1H3,(H,21,34)(H,22,23,25)/t11?,12-,15-,16?,19?/m1/s1. The summed E-state index contributed by atoms with van der Waals surface area (Å²) in [5, 5.41) is 27.2. The Hall–Kier alpha value is -2.65. The maximum Gasteiger partial charge on any atom is 0.307 e. The Morgan fingerprint density at radius 1 is 1.29 bits per heavy atom. The van der Waals surface area contributed by atoms with Crippen molar-refractivity contribution in [2.75, 3.05) is 38.3 Å². The van der Waals surface area contributed by atoms with Crippen LogP contribution in [0.4, 0.5) is 5.82 Å². The molecule has 3 unspecified atom stereocenters. The van der Waals surface area contributed by atoms with Crippen LogP contribution in [0.15, 0.2) is 12.7 Å². The van der Waals surface area contributed by atoms with E-state index in [2.05, 4.69) is 25.6 Å². The van der Waals surface area contributed by atoms with E-state index in [0.717, 1.165) is 6.42 Å². The molecule has 2 aromatic rings. The van der Waals surface area contributed by atoms with E-state index in [-0.39, 0.29) is 36.8 Å². The summed E-state index contributed by atoms with van der Waals surface area (Å²) in [5.41, 5.74) is 0.969. The van der Waals surface area contributed by atoms with E-state index in [1.165, 1.54) is 12.7 Å². The van der Waals surface area contributed by atoms with Gasteiger partial charge in [0.2, 0.25) is 0 Å². The smallest absolute Gasteiger partial charge is 0.307 e. The number of imidazole rings is 1. The number of rotatable bonds is 9. The highest BCUT2D eigenvalue weighted by atomic mass is 32.1. The second kappa shape index (κ2) is 11.2. The number of esters is 1. The number of nitrogens with zero attached hydrogens (tertiary/aromatic N) is 4. The van der Waals surface area contributed by atoms with Gasteiger partial charge in [-0.3, -0.25) is 9.36 Å². The normalized spacial score (nSPS) is 26.5. The van der Waals surface area contributed by atoms with Crippen LogP contribution in [0.5, 0.6) is 0 Å². The van der Waals surface area contributed by atoms with Crippen LogP contribution in [-0.2, 0) is 23.7 Å². The number of ether oxygens (including phenoxy) is 4. The Bertz CT molecular complexity index is 1000. The number of nitrogens with one attached hydrogen (secondary N) is 2. The maximum absolute atomic E-state index is 11.4. The molecule has 0 spiro atoms. The first-order chi connectivity index (χ1) is 16.5. The molecule has 2 saturated heterocycles. The highest BCUT2D eigenvalue weighted by molar-refractivity contribution is 7.80. The summed E-state index contributed by atoms with van der Waals surface area (Å²) >= 11 is 5.09. The molecule has 0 bridgehead atoms. The van der Waals surface area contributed by atoms with Gasteiger partial charge < -0.3 is 39.8 Å². The van der Waals surface area contributed by atoms with Crippen LogP contribution in [0.1, 0.15) is 26.0 Å². The fraction of sp³-hybridized carbons (Fsp3) is 0.650. The molecule has 0 aliphatic carbocycles. The zero-order chi connectivity index (χ0) is 24.1. The molecule has 2 fully saturated rings. The fourth-order valence-corrected chi connectivity index (χ4v) is 3.96. The van der Waals surface area contributed by atoms with Crippen LogP contribution in [0.25, 0.3) is 11.2 Å². The van der Waals surface area contributed by atoms with Gasteiger partial charge in [0.05, 0.1) is 32.0 Å². The Morgan fingerprint density at radius 2 is 2.15 bits per heavy atom. The van der Waals surface area contributed by atoms with Crippen molar-refractivity contribution < 1.29 is 34.0 Å². The minimum Gasteiger partial charge on any atom is -0.468 e. The van der Waals surface area contributed by atoms with Crippen LogP contribution in [0.3, 0.4) is 0 Å². The molecule has 186 valence electrons. The number of thiocarbonyl (C=S) groups is 1. The first-order valence-corrected chi connectivity index (χ1v) is 11.5. The minimum absolute atomic E-state index is 0.0467. The Kier molecular flexibility index (Phi) is 8.05. The molecule has 0 amide bonds. The molecule has 4 rings (SSSR count). The van der Waals surface area contributed by atoms with Crippen LogP contribution in [0.2, 0.25) is 0 Å². The monoisotopic (exact) mass is 496 g/mol. The topological polar surface area (TPSA) is 162 Å². The van der Waals surface area contributed by atoms with Crippen molar-refractivity contribution in [3.8, 4) is 0 Å². The molecule has 0 saturated carbocycles. The number of carbonyl (C=O) groups is 1. The number of aliphatic hydroxyl groups excluding tert-OH is 2. The maximum atomic E-state index is 11.4. The van der Waals surface area contributed by atoms with Crippen molar-refractivity contribution in [3.05, 3.63) is 12.7 Å². The lowest BCUT2D eigenvalue weighted by Gasteiger charge is -2.17. The van der Waals surface area contributed by atoms with Crippen molar-refractivity contribution >= 4 is 40.3 Å². The minimum atomic E-state index is -1.24. The average Bonchev–Trinajstić information content (AvgIpc) is 3.54. The van der Waals surface area contributed by atoms with E-state index >= 15 is 0 Å². The molecule has 5 atom stereocenters. The third kappa shape index (κ3) is 5.52. The highest BCUT2D eigenvalue weighted by Gasteiger charge is 2.45.